The average molecular weight is 301 g/mol. The Morgan fingerprint density at radius 2 is 1.82 bits per heavy atom. The smallest absolute Gasteiger partial charge is 0.123 e. The van der Waals surface area contributed by atoms with E-state index >= 15 is 0 Å². The monoisotopic (exact) mass is 301 g/mol. The summed E-state index contributed by atoms with van der Waals surface area (Å²) in [7, 11) is 0. The third-order valence-corrected chi connectivity index (χ3v) is 3.93. The average Bonchev–Trinajstić information content (AvgIpc) is 2.54. The normalized spacial score (nSPS) is 16.1. The van der Waals surface area contributed by atoms with Crippen LogP contribution < -0.4 is 4.74 Å². The first kappa shape index (κ1) is 15.0. The van der Waals surface area contributed by atoms with Crippen molar-refractivity contribution in [3.8, 4) is 5.75 Å². The van der Waals surface area contributed by atoms with E-state index in [-0.39, 0.29) is 12.4 Å². The maximum Gasteiger partial charge on any atom is 0.123 e. The van der Waals surface area contributed by atoms with Crippen LogP contribution in [-0.4, -0.2) is 35.8 Å². The second-order valence-corrected chi connectivity index (χ2v) is 5.67. The zero-order chi connectivity index (χ0) is 15.4. The molecule has 0 fully saturated rings. The zero-order valence-electron chi connectivity index (χ0n) is 12.4. The summed E-state index contributed by atoms with van der Waals surface area (Å²) >= 11 is 0. The fraction of sp³-hybridized carbons (Fsp3) is 0.333. The third-order valence-electron chi connectivity index (χ3n) is 3.93. The quantitative estimate of drug-likeness (QED) is 0.921. The summed E-state index contributed by atoms with van der Waals surface area (Å²) in [6.07, 6.45) is 0.456. The van der Waals surface area contributed by atoms with Gasteiger partial charge in [0.25, 0.3) is 0 Å². The molecule has 3 nitrogen and oxygen atoms in total. The number of fused-ring (bicyclic) bond motifs is 1. The summed E-state index contributed by atoms with van der Waals surface area (Å²) in [6.45, 7) is 2.60. The van der Waals surface area contributed by atoms with E-state index in [1.54, 1.807) is 12.1 Å². The minimum atomic E-state index is -0.560. The van der Waals surface area contributed by atoms with E-state index in [0.717, 1.165) is 19.5 Å². The second kappa shape index (κ2) is 6.90. The summed E-state index contributed by atoms with van der Waals surface area (Å²) in [6, 6.07) is 14.3. The molecule has 0 saturated carbocycles. The first-order valence-electron chi connectivity index (χ1n) is 7.56. The predicted molar refractivity (Wildman–Crippen MR) is 83.3 cm³/mol. The molecule has 1 atom stereocenters. The second-order valence-electron chi connectivity index (χ2n) is 5.67. The number of benzene rings is 2. The molecule has 1 aliphatic heterocycles. The highest BCUT2D eigenvalue weighted by Gasteiger charge is 2.18. The standard InChI is InChI=1S/C18H20FNO2/c19-16-5-7-18(8-6-16)22-13-17(21)12-20-10-9-14-3-1-2-4-15(14)11-20/h1-8,17,21H,9-13H2. The molecule has 0 aromatic heterocycles. The van der Waals surface area contributed by atoms with Crippen LogP contribution in [0.3, 0.4) is 0 Å². The lowest BCUT2D eigenvalue weighted by Crippen LogP contribution is -2.38. The van der Waals surface area contributed by atoms with Crippen LogP contribution in [0.5, 0.6) is 5.75 Å². The molecule has 0 radical (unpaired) electrons. The molecule has 0 amide bonds. The Kier molecular flexibility index (Phi) is 4.71. The van der Waals surface area contributed by atoms with E-state index < -0.39 is 6.10 Å². The van der Waals surface area contributed by atoms with Crippen LogP contribution in [0, 0.1) is 5.82 Å². The lowest BCUT2D eigenvalue weighted by molar-refractivity contribution is 0.0637. The topological polar surface area (TPSA) is 32.7 Å². The molecule has 0 saturated heterocycles. The molecular formula is C18H20FNO2. The summed E-state index contributed by atoms with van der Waals surface area (Å²) in [5.41, 5.74) is 2.73. The van der Waals surface area contributed by atoms with Crippen LogP contribution in [-0.2, 0) is 13.0 Å². The molecule has 1 unspecified atom stereocenters. The molecule has 116 valence electrons. The Labute approximate surface area is 130 Å². The van der Waals surface area contributed by atoms with E-state index in [1.807, 2.05) is 0 Å². The van der Waals surface area contributed by atoms with E-state index in [4.69, 9.17) is 4.74 Å². The Morgan fingerprint density at radius 1 is 1.09 bits per heavy atom. The third kappa shape index (κ3) is 3.84. The molecule has 3 rings (SSSR count). The van der Waals surface area contributed by atoms with Gasteiger partial charge in [0.05, 0.1) is 0 Å². The molecule has 0 bridgehead atoms. The number of hydrogen-bond acceptors (Lipinski definition) is 3. The lowest BCUT2D eigenvalue weighted by Gasteiger charge is -2.30. The van der Waals surface area contributed by atoms with Crippen LogP contribution in [0.2, 0.25) is 0 Å². The van der Waals surface area contributed by atoms with Crippen molar-refractivity contribution in [1.82, 2.24) is 4.90 Å². The molecule has 0 spiro atoms. The van der Waals surface area contributed by atoms with Gasteiger partial charge in [-0.05, 0) is 41.8 Å². The fourth-order valence-corrected chi connectivity index (χ4v) is 2.78. The minimum Gasteiger partial charge on any atom is -0.491 e. The van der Waals surface area contributed by atoms with Gasteiger partial charge in [0, 0.05) is 19.6 Å². The SMILES string of the molecule is OC(COc1ccc(F)cc1)CN1CCc2ccccc2C1. The van der Waals surface area contributed by atoms with Gasteiger partial charge in [-0.25, -0.2) is 4.39 Å². The van der Waals surface area contributed by atoms with Crippen LogP contribution >= 0.6 is 0 Å². The number of rotatable bonds is 5. The maximum absolute atomic E-state index is 12.8. The van der Waals surface area contributed by atoms with Crippen molar-refractivity contribution in [2.45, 2.75) is 19.1 Å². The van der Waals surface area contributed by atoms with Crippen molar-refractivity contribution in [2.24, 2.45) is 0 Å². The van der Waals surface area contributed by atoms with Crippen molar-refractivity contribution in [1.29, 1.82) is 0 Å². The van der Waals surface area contributed by atoms with E-state index in [1.165, 1.54) is 23.3 Å². The lowest BCUT2D eigenvalue weighted by atomic mass is 10.00. The zero-order valence-corrected chi connectivity index (χ0v) is 12.4. The molecule has 2 aromatic rings. The number of nitrogens with zero attached hydrogens (tertiary/aromatic N) is 1. The number of aliphatic hydroxyl groups is 1. The summed E-state index contributed by atoms with van der Waals surface area (Å²) in [5.74, 6) is 0.282. The van der Waals surface area contributed by atoms with E-state index in [0.29, 0.717) is 12.3 Å². The molecular weight excluding hydrogens is 281 g/mol. The summed E-state index contributed by atoms with van der Waals surface area (Å²) in [5, 5.41) is 10.1. The molecule has 22 heavy (non-hydrogen) atoms. The Hall–Kier alpha value is -1.91. The van der Waals surface area contributed by atoms with Crippen molar-refractivity contribution >= 4 is 0 Å². The number of aliphatic hydroxyl groups excluding tert-OH is 1. The number of hydrogen-bond donors (Lipinski definition) is 1. The van der Waals surface area contributed by atoms with Gasteiger partial charge in [-0.3, -0.25) is 4.90 Å². The first-order valence-corrected chi connectivity index (χ1v) is 7.56. The predicted octanol–water partition coefficient (Wildman–Crippen LogP) is 2.62. The van der Waals surface area contributed by atoms with Crippen LogP contribution in [0.15, 0.2) is 48.5 Å². The number of β-amino-alcohol motifs (C(OH)–C–C–N with tert-alkyl or cyclic N) is 1. The van der Waals surface area contributed by atoms with Gasteiger partial charge in [-0.1, -0.05) is 24.3 Å². The molecule has 1 N–H and O–H groups in total. The van der Waals surface area contributed by atoms with Crippen molar-refractivity contribution in [3.63, 3.8) is 0 Å². The van der Waals surface area contributed by atoms with Gasteiger partial charge < -0.3 is 9.84 Å². The first-order chi connectivity index (χ1) is 10.7. The highest BCUT2D eigenvalue weighted by molar-refractivity contribution is 5.29. The van der Waals surface area contributed by atoms with Crippen molar-refractivity contribution < 1.29 is 14.2 Å². The maximum atomic E-state index is 12.8. The largest absolute Gasteiger partial charge is 0.491 e. The van der Waals surface area contributed by atoms with Gasteiger partial charge in [0.1, 0.15) is 24.3 Å². The Morgan fingerprint density at radius 3 is 2.59 bits per heavy atom. The van der Waals surface area contributed by atoms with Crippen molar-refractivity contribution in [2.75, 3.05) is 19.7 Å². The van der Waals surface area contributed by atoms with Crippen LogP contribution in [0.1, 0.15) is 11.1 Å². The van der Waals surface area contributed by atoms with Gasteiger partial charge >= 0.3 is 0 Å². The highest BCUT2D eigenvalue weighted by atomic mass is 19.1. The van der Waals surface area contributed by atoms with E-state index in [9.17, 15) is 9.50 Å². The Balaban J connectivity index is 1.48. The molecule has 4 heteroatoms. The fourth-order valence-electron chi connectivity index (χ4n) is 2.78. The van der Waals surface area contributed by atoms with Crippen LogP contribution in [0.25, 0.3) is 0 Å². The highest BCUT2D eigenvalue weighted by Crippen LogP contribution is 2.18. The molecule has 0 aliphatic carbocycles. The van der Waals surface area contributed by atoms with E-state index in [2.05, 4.69) is 29.2 Å². The summed E-state index contributed by atoms with van der Waals surface area (Å²) < 4.78 is 18.3. The van der Waals surface area contributed by atoms with Gasteiger partial charge in [-0.15, -0.1) is 0 Å². The molecule has 2 aromatic carbocycles. The summed E-state index contributed by atoms with van der Waals surface area (Å²) in [4.78, 5) is 2.24. The minimum absolute atomic E-state index is 0.212. The van der Waals surface area contributed by atoms with Gasteiger partial charge in [-0.2, -0.15) is 0 Å². The van der Waals surface area contributed by atoms with Crippen LogP contribution in [0.4, 0.5) is 4.39 Å². The molecule has 1 aliphatic rings. The Bertz CT molecular complexity index is 615. The van der Waals surface area contributed by atoms with Gasteiger partial charge in [0.15, 0.2) is 0 Å². The van der Waals surface area contributed by atoms with Crippen molar-refractivity contribution in [3.05, 3.63) is 65.5 Å². The number of halogens is 1. The van der Waals surface area contributed by atoms with Gasteiger partial charge in [0.2, 0.25) is 0 Å². The number of ether oxygens (including phenoxy) is 1. The molecule has 1 heterocycles.